The molecular weight excluding hydrogens is 285 g/mol. The molecule has 0 amide bonds. The van der Waals surface area contributed by atoms with E-state index in [4.69, 9.17) is 27.9 Å². The van der Waals surface area contributed by atoms with Crippen molar-refractivity contribution >= 4 is 29.2 Å². The molecule has 1 aromatic heterocycles. The van der Waals surface area contributed by atoms with Crippen LogP contribution in [-0.2, 0) is 4.74 Å². The van der Waals surface area contributed by atoms with E-state index in [2.05, 4.69) is 10.3 Å². The van der Waals surface area contributed by atoms with Gasteiger partial charge in [-0.15, -0.1) is 0 Å². The number of imidazole rings is 1. The topological polar surface area (TPSA) is 39.1 Å². The first-order valence-electron chi connectivity index (χ1n) is 5.85. The Kier molecular flexibility index (Phi) is 4.69. The fraction of sp³-hybridized carbons (Fsp3) is 0.308. The van der Waals surface area contributed by atoms with E-state index in [0.717, 1.165) is 17.3 Å². The highest BCUT2D eigenvalue weighted by Gasteiger charge is 2.08. The number of halogens is 2. The minimum atomic E-state index is 0.594. The first-order chi connectivity index (χ1) is 9.10. The number of nitrogens with zero attached hydrogens (tertiary/aromatic N) is 2. The number of aromatic nitrogens is 2. The highest BCUT2D eigenvalue weighted by atomic mass is 35.5. The predicted octanol–water partition coefficient (Wildman–Crippen LogP) is 3.55. The average Bonchev–Trinajstić information content (AvgIpc) is 2.70. The van der Waals surface area contributed by atoms with Crippen molar-refractivity contribution < 1.29 is 4.74 Å². The van der Waals surface area contributed by atoms with E-state index in [1.165, 1.54) is 0 Å². The third-order valence-electron chi connectivity index (χ3n) is 2.54. The third kappa shape index (κ3) is 3.62. The van der Waals surface area contributed by atoms with E-state index >= 15 is 0 Å². The lowest BCUT2D eigenvalue weighted by molar-refractivity contribution is 0.210. The number of benzene rings is 1. The molecule has 102 valence electrons. The van der Waals surface area contributed by atoms with Crippen LogP contribution in [0.25, 0.3) is 5.69 Å². The van der Waals surface area contributed by atoms with Crippen LogP contribution in [-0.4, -0.2) is 29.8 Å². The summed E-state index contributed by atoms with van der Waals surface area (Å²) in [6.45, 7) is 3.23. The summed E-state index contributed by atoms with van der Waals surface area (Å²) in [5, 5.41) is 4.40. The van der Waals surface area contributed by atoms with Crippen molar-refractivity contribution in [1.82, 2.24) is 9.55 Å². The van der Waals surface area contributed by atoms with Gasteiger partial charge in [-0.3, -0.25) is 4.57 Å². The van der Waals surface area contributed by atoms with Gasteiger partial charge in [0.15, 0.2) is 0 Å². The van der Waals surface area contributed by atoms with Crippen molar-refractivity contribution in [3.63, 3.8) is 0 Å². The number of anilines is 1. The van der Waals surface area contributed by atoms with Crippen molar-refractivity contribution in [2.75, 3.05) is 25.6 Å². The number of ether oxygens (including phenoxy) is 1. The van der Waals surface area contributed by atoms with Gasteiger partial charge in [-0.25, -0.2) is 4.98 Å². The highest BCUT2D eigenvalue weighted by molar-refractivity contribution is 6.34. The fourth-order valence-corrected chi connectivity index (χ4v) is 2.28. The van der Waals surface area contributed by atoms with Gasteiger partial charge < -0.3 is 10.1 Å². The number of methoxy groups -OCH3 is 1. The van der Waals surface area contributed by atoms with Crippen LogP contribution in [0.4, 0.5) is 5.95 Å². The number of aryl methyl sites for hydroxylation is 1. The highest BCUT2D eigenvalue weighted by Crippen LogP contribution is 2.24. The zero-order valence-corrected chi connectivity index (χ0v) is 12.3. The second-order valence-corrected chi connectivity index (χ2v) is 5.00. The van der Waals surface area contributed by atoms with Gasteiger partial charge in [0.05, 0.1) is 18.0 Å². The van der Waals surface area contributed by atoms with Crippen LogP contribution in [0.2, 0.25) is 10.0 Å². The molecule has 6 heteroatoms. The molecule has 0 aliphatic carbocycles. The molecule has 0 aliphatic heterocycles. The smallest absolute Gasteiger partial charge is 0.207 e. The molecule has 0 spiro atoms. The number of hydrogen-bond donors (Lipinski definition) is 1. The van der Waals surface area contributed by atoms with Crippen LogP contribution >= 0.6 is 23.2 Å². The van der Waals surface area contributed by atoms with Gasteiger partial charge in [-0.05, 0) is 25.1 Å². The molecule has 1 N–H and O–H groups in total. The molecule has 0 saturated heterocycles. The molecule has 0 fully saturated rings. The number of rotatable bonds is 5. The normalized spacial score (nSPS) is 10.7. The van der Waals surface area contributed by atoms with Gasteiger partial charge in [0.1, 0.15) is 0 Å². The summed E-state index contributed by atoms with van der Waals surface area (Å²) in [4.78, 5) is 4.43. The van der Waals surface area contributed by atoms with Gasteiger partial charge in [-0.2, -0.15) is 0 Å². The molecule has 0 bridgehead atoms. The summed E-state index contributed by atoms with van der Waals surface area (Å²) in [6, 6.07) is 5.39. The van der Waals surface area contributed by atoms with Gasteiger partial charge in [0.2, 0.25) is 5.95 Å². The van der Waals surface area contributed by atoms with Gasteiger partial charge in [-0.1, -0.05) is 23.2 Å². The molecule has 0 unspecified atom stereocenters. The fourth-order valence-electron chi connectivity index (χ4n) is 1.76. The van der Waals surface area contributed by atoms with Crippen LogP contribution in [0, 0.1) is 6.92 Å². The molecule has 1 aromatic carbocycles. The quantitative estimate of drug-likeness (QED) is 0.858. The summed E-state index contributed by atoms with van der Waals surface area (Å²) < 4.78 is 6.93. The molecule has 0 atom stereocenters. The lowest BCUT2D eigenvalue weighted by Crippen LogP contribution is -2.11. The van der Waals surface area contributed by atoms with Crippen LogP contribution in [0.5, 0.6) is 0 Å². The van der Waals surface area contributed by atoms with Crippen LogP contribution in [0.1, 0.15) is 5.69 Å². The summed E-state index contributed by atoms with van der Waals surface area (Å²) in [5.41, 5.74) is 1.79. The Morgan fingerprint density at radius 2 is 1.95 bits per heavy atom. The van der Waals surface area contributed by atoms with E-state index < -0.39 is 0 Å². The number of nitrogens with one attached hydrogen (secondary N) is 1. The van der Waals surface area contributed by atoms with Crippen molar-refractivity contribution in [3.05, 3.63) is 40.1 Å². The Bertz CT molecular complexity index is 549. The first kappa shape index (κ1) is 14.2. The van der Waals surface area contributed by atoms with E-state index in [-0.39, 0.29) is 0 Å². The third-order valence-corrected chi connectivity index (χ3v) is 2.98. The molecule has 2 rings (SSSR count). The lowest BCUT2D eigenvalue weighted by atomic mass is 10.3. The van der Waals surface area contributed by atoms with E-state index in [9.17, 15) is 0 Å². The van der Waals surface area contributed by atoms with Crippen LogP contribution in [0.3, 0.4) is 0 Å². The second-order valence-electron chi connectivity index (χ2n) is 4.12. The van der Waals surface area contributed by atoms with E-state index in [1.54, 1.807) is 13.2 Å². The Labute approximate surface area is 122 Å². The van der Waals surface area contributed by atoms with Crippen LogP contribution < -0.4 is 5.32 Å². The van der Waals surface area contributed by atoms with Crippen molar-refractivity contribution in [3.8, 4) is 5.69 Å². The standard InChI is InChI=1S/C13H15Cl2N3O/c1-9-8-18(13(17-9)16-3-4-19-2)12-6-10(14)5-11(15)7-12/h5-8H,3-4H2,1-2H3,(H,16,17). The summed E-state index contributed by atoms with van der Waals surface area (Å²) >= 11 is 12.1. The maximum Gasteiger partial charge on any atom is 0.207 e. The Hall–Kier alpha value is -1.23. The van der Waals surface area contributed by atoms with Gasteiger partial charge >= 0.3 is 0 Å². The molecule has 0 radical (unpaired) electrons. The maximum atomic E-state index is 6.03. The summed E-state index contributed by atoms with van der Waals surface area (Å²) in [7, 11) is 1.66. The zero-order chi connectivity index (χ0) is 13.8. The van der Waals surface area contributed by atoms with E-state index in [1.807, 2.05) is 29.8 Å². The monoisotopic (exact) mass is 299 g/mol. The molecular formula is C13H15Cl2N3O. The average molecular weight is 300 g/mol. The minimum Gasteiger partial charge on any atom is -0.383 e. The molecule has 0 aliphatic rings. The SMILES string of the molecule is COCCNc1nc(C)cn1-c1cc(Cl)cc(Cl)c1. The maximum absolute atomic E-state index is 6.03. The molecule has 4 nitrogen and oxygen atoms in total. The largest absolute Gasteiger partial charge is 0.383 e. The predicted molar refractivity (Wildman–Crippen MR) is 78.7 cm³/mol. The summed E-state index contributed by atoms with van der Waals surface area (Å²) in [5.74, 6) is 0.743. The lowest BCUT2D eigenvalue weighted by Gasteiger charge is -2.10. The zero-order valence-electron chi connectivity index (χ0n) is 10.8. The first-order valence-corrected chi connectivity index (χ1v) is 6.61. The van der Waals surface area contributed by atoms with Gasteiger partial charge in [0, 0.05) is 29.9 Å². The van der Waals surface area contributed by atoms with E-state index in [0.29, 0.717) is 23.2 Å². The summed E-state index contributed by atoms with van der Waals surface area (Å²) in [6.07, 6.45) is 1.93. The Morgan fingerprint density at radius 3 is 2.58 bits per heavy atom. The Morgan fingerprint density at radius 1 is 1.26 bits per heavy atom. The van der Waals surface area contributed by atoms with Crippen molar-refractivity contribution in [1.29, 1.82) is 0 Å². The second kappa shape index (κ2) is 6.28. The molecule has 2 aromatic rings. The van der Waals surface area contributed by atoms with Gasteiger partial charge in [0.25, 0.3) is 0 Å². The van der Waals surface area contributed by atoms with Crippen LogP contribution in [0.15, 0.2) is 24.4 Å². The number of hydrogen-bond acceptors (Lipinski definition) is 3. The van der Waals surface area contributed by atoms with Crippen molar-refractivity contribution in [2.45, 2.75) is 6.92 Å². The Balaban J connectivity index is 2.32. The molecule has 1 heterocycles. The molecule has 0 saturated carbocycles. The minimum absolute atomic E-state index is 0.594. The molecule has 19 heavy (non-hydrogen) atoms. The van der Waals surface area contributed by atoms with Crippen molar-refractivity contribution in [2.24, 2.45) is 0 Å².